The monoisotopic (exact) mass is 580 g/mol. The van der Waals surface area contributed by atoms with Gasteiger partial charge in [-0.2, -0.15) is 0 Å². The average Bonchev–Trinajstić information content (AvgIpc) is 3.78. The Morgan fingerprint density at radius 1 is 0.860 bits per heavy atom. The number of hydrogen-bond acceptors (Lipinski definition) is 5. The van der Waals surface area contributed by atoms with E-state index in [0.29, 0.717) is 18.9 Å². The van der Waals surface area contributed by atoms with Gasteiger partial charge in [0, 0.05) is 13.1 Å². The second kappa shape index (κ2) is 11.1. The molecule has 3 N–H and O–H groups in total. The molecule has 10 nitrogen and oxygen atoms in total. The topological polar surface area (TPSA) is 127 Å². The molecule has 6 rings (SSSR count). The number of aromatic amines is 2. The number of likely N-dealkylation sites (tertiary alicyclic amines) is 1. The summed E-state index contributed by atoms with van der Waals surface area (Å²) in [4.78, 5) is 43.3. The van der Waals surface area contributed by atoms with Crippen molar-refractivity contribution in [2.24, 2.45) is 0 Å². The van der Waals surface area contributed by atoms with Crippen molar-refractivity contribution in [3.8, 4) is 33.6 Å². The van der Waals surface area contributed by atoms with Crippen LogP contribution in [0.2, 0.25) is 0 Å². The summed E-state index contributed by atoms with van der Waals surface area (Å²) in [5, 5.41) is 9.54. The summed E-state index contributed by atoms with van der Waals surface area (Å²) in [6.07, 6.45) is 6.00. The number of nitrogens with one attached hydrogen (secondary N) is 2. The summed E-state index contributed by atoms with van der Waals surface area (Å²) >= 11 is 0. The van der Waals surface area contributed by atoms with E-state index in [0.717, 1.165) is 57.9 Å². The Labute approximate surface area is 250 Å². The standard InChI is InChI=1S/C33H36N6O4/c1-20-16-28(39(19-20)31(40)41)30-35-18-26(37-30)24-13-9-22(10-14-24)21-7-11-23(12-8-21)25-17-34-29(36-25)27-6-5-15-38(27)32(42)43-33(2,3)4/h7-14,16-18,27-28H,5-6,15,19H2,1-4H3,(H,34,36)(H,35,37)(H,40,41)/t27-,28?/m0/s1. The number of aromatic nitrogens is 4. The molecule has 4 aromatic rings. The van der Waals surface area contributed by atoms with Crippen molar-refractivity contribution in [2.45, 2.75) is 58.2 Å². The maximum absolute atomic E-state index is 12.7. The molecule has 1 unspecified atom stereocenters. The first-order valence-electron chi connectivity index (χ1n) is 14.5. The number of amides is 2. The van der Waals surface area contributed by atoms with Crippen LogP contribution >= 0.6 is 0 Å². The molecule has 2 aromatic carbocycles. The number of imidazole rings is 2. The molecule has 2 atom stereocenters. The van der Waals surface area contributed by atoms with Gasteiger partial charge in [0.05, 0.1) is 29.8 Å². The van der Waals surface area contributed by atoms with Crippen molar-refractivity contribution in [3.05, 3.63) is 84.2 Å². The van der Waals surface area contributed by atoms with Gasteiger partial charge in [0.2, 0.25) is 0 Å². The van der Waals surface area contributed by atoms with Crippen molar-refractivity contribution < 1.29 is 19.4 Å². The van der Waals surface area contributed by atoms with Gasteiger partial charge in [-0.05, 0) is 62.8 Å². The molecule has 10 heteroatoms. The number of carbonyl (C=O) groups is 2. The van der Waals surface area contributed by atoms with Crippen LogP contribution in [0, 0.1) is 0 Å². The van der Waals surface area contributed by atoms with E-state index in [1.165, 1.54) is 4.90 Å². The van der Waals surface area contributed by atoms with E-state index in [1.54, 1.807) is 11.1 Å². The van der Waals surface area contributed by atoms with Crippen molar-refractivity contribution in [2.75, 3.05) is 13.1 Å². The summed E-state index contributed by atoms with van der Waals surface area (Å²) in [5.74, 6) is 1.39. The van der Waals surface area contributed by atoms with Crippen LogP contribution in [0.1, 0.15) is 64.3 Å². The maximum Gasteiger partial charge on any atom is 0.410 e. The third-order valence-electron chi connectivity index (χ3n) is 7.84. The molecule has 0 radical (unpaired) electrons. The third kappa shape index (κ3) is 5.90. The molecular weight excluding hydrogens is 544 g/mol. The molecule has 2 amide bonds. The number of ether oxygens (including phenoxy) is 1. The molecule has 2 aliphatic rings. The Morgan fingerprint density at radius 3 is 1.95 bits per heavy atom. The molecule has 2 aromatic heterocycles. The highest BCUT2D eigenvalue weighted by Crippen LogP contribution is 2.34. The van der Waals surface area contributed by atoms with E-state index >= 15 is 0 Å². The summed E-state index contributed by atoms with van der Waals surface area (Å²) in [6.45, 7) is 8.60. The van der Waals surface area contributed by atoms with Gasteiger partial charge >= 0.3 is 12.2 Å². The minimum atomic E-state index is -0.960. The third-order valence-corrected chi connectivity index (χ3v) is 7.84. The number of rotatable bonds is 5. The highest BCUT2D eigenvalue weighted by Gasteiger charge is 2.35. The lowest BCUT2D eigenvalue weighted by Crippen LogP contribution is -2.36. The Hall–Kier alpha value is -4.86. The molecule has 1 fully saturated rings. The van der Waals surface area contributed by atoms with E-state index < -0.39 is 17.7 Å². The maximum atomic E-state index is 12.7. The van der Waals surface area contributed by atoms with Gasteiger partial charge in [-0.25, -0.2) is 19.6 Å². The molecule has 2 aliphatic heterocycles. The van der Waals surface area contributed by atoms with E-state index in [9.17, 15) is 14.7 Å². The second-order valence-corrected chi connectivity index (χ2v) is 12.2. The predicted molar refractivity (Wildman–Crippen MR) is 163 cm³/mol. The zero-order valence-electron chi connectivity index (χ0n) is 24.8. The van der Waals surface area contributed by atoms with Crippen LogP contribution in [0.3, 0.4) is 0 Å². The highest BCUT2D eigenvalue weighted by molar-refractivity contribution is 5.72. The van der Waals surface area contributed by atoms with E-state index in [2.05, 4.69) is 56.3 Å². The lowest BCUT2D eigenvalue weighted by Gasteiger charge is -2.27. The Morgan fingerprint density at radius 2 is 1.40 bits per heavy atom. The molecule has 0 saturated carbocycles. The SMILES string of the molecule is CC1=CC(c2ncc(-c3ccc(-c4ccc(-c5cnc([C@@H]6CCCN6C(=O)OC(C)(C)C)[nH]5)cc4)cc3)[nH]2)N(C(=O)O)C1. The van der Waals surface area contributed by atoms with Crippen LogP contribution in [0.25, 0.3) is 33.6 Å². The van der Waals surface area contributed by atoms with Gasteiger partial charge in [0.1, 0.15) is 23.3 Å². The molecule has 1 saturated heterocycles. The van der Waals surface area contributed by atoms with Crippen LogP contribution in [0.15, 0.2) is 72.6 Å². The zero-order valence-corrected chi connectivity index (χ0v) is 24.8. The normalized spacial score (nSPS) is 18.7. The quantitative estimate of drug-likeness (QED) is 0.215. The van der Waals surface area contributed by atoms with Gasteiger partial charge in [-0.3, -0.25) is 9.80 Å². The highest BCUT2D eigenvalue weighted by atomic mass is 16.6. The number of hydrogen-bond donors (Lipinski definition) is 3. The predicted octanol–water partition coefficient (Wildman–Crippen LogP) is 7.19. The first-order valence-corrected chi connectivity index (χ1v) is 14.5. The molecule has 0 aliphatic carbocycles. The number of carboxylic acid groups (broad SMARTS) is 1. The van der Waals surface area contributed by atoms with Gasteiger partial charge in [-0.1, -0.05) is 60.2 Å². The summed E-state index contributed by atoms with van der Waals surface area (Å²) in [6, 6.07) is 15.9. The lowest BCUT2D eigenvalue weighted by molar-refractivity contribution is 0.0218. The van der Waals surface area contributed by atoms with Crippen LogP contribution in [-0.2, 0) is 4.74 Å². The van der Waals surface area contributed by atoms with Crippen molar-refractivity contribution in [1.82, 2.24) is 29.7 Å². The second-order valence-electron chi connectivity index (χ2n) is 12.2. The van der Waals surface area contributed by atoms with Crippen LogP contribution in [-0.4, -0.2) is 65.7 Å². The van der Waals surface area contributed by atoms with Gasteiger partial charge < -0.3 is 19.8 Å². The van der Waals surface area contributed by atoms with Crippen LogP contribution < -0.4 is 0 Å². The largest absolute Gasteiger partial charge is 0.465 e. The molecular formula is C33H36N6O4. The van der Waals surface area contributed by atoms with E-state index in [1.807, 2.05) is 52.1 Å². The molecule has 43 heavy (non-hydrogen) atoms. The summed E-state index contributed by atoms with van der Waals surface area (Å²) < 4.78 is 5.61. The minimum absolute atomic E-state index is 0.123. The molecule has 0 bridgehead atoms. The number of carbonyl (C=O) groups excluding carboxylic acids is 1. The van der Waals surface area contributed by atoms with E-state index in [4.69, 9.17) is 4.74 Å². The van der Waals surface area contributed by atoms with Crippen molar-refractivity contribution in [3.63, 3.8) is 0 Å². The Balaban J connectivity index is 1.13. The first-order chi connectivity index (χ1) is 20.6. The fraction of sp³-hybridized carbons (Fsp3) is 0.333. The average molecular weight is 581 g/mol. The number of H-pyrrole nitrogens is 2. The molecule has 0 spiro atoms. The lowest BCUT2D eigenvalue weighted by atomic mass is 10.0. The number of nitrogens with zero attached hydrogens (tertiary/aromatic N) is 4. The van der Waals surface area contributed by atoms with E-state index in [-0.39, 0.29) is 12.1 Å². The minimum Gasteiger partial charge on any atom is -0.465 e. The summed E-state index contributed by atoms with van der Waals surface area (Å²) in [5.41, 5.74) is 6.34. The van der Waals surface area contributed by atoms with Crippen LogP contribution in [0.5, 0.6) is 0 Å². The number of benzene rings is 2. The molecule has 4 heterocycles. The van der Waals surface area contributed by atoms with Gasteiger partial charge in [0.25, 0.3) is 0 Å². The molecule has 222 valence electrons. The smallest absolute Gasteiger partial charge is 0.410 e. The Bertz CT molecular complexity index is 1660. The fourth-order valence-electron chi connectivity index (χ4n) is 5.75. The van der Waals surface area contributed by atoms with Crippen molar-refractivity contribution in [1.29, 1.82) is 0 Å². The fourth-order valence-corrected chi connectivity index (χ4v) is 5.75. The zero-order chi connectivity index (χ0) is 30.3. The van der Waals surface area contributed by atoms with Crippen molar-refractivity contribution >= 4 is 12.2 Å². The van der Waals surface area contributed by atoms with Gasteiger partial charge in [0.15, 0.2) is 0 Å². The Kier molecular flexibility index (Phi) is 7.29. The van der Waals surface area contributed by atoms with Crippen LogP contribution in [0.4, 0.5) is 9.59 Å². The van der Waals surface area contributed by atoms with Gasteiger partial charge in [-0.15, -0.1) is 0 Å². The first kappa shape index (κ1) is 28.3. The summed E-state index contributed by atoms with van der Waals surface area (Å²) in [7, 11) is 0.